The van der Waals surface area contributed by atoms with Crippen LogP contribution in [0.15, 0.2) is 59.8 Å². The molecule has 34 heavy (non-hydrogen) atoms. The lowest BCUT2D eigenvalue weighted by molar-refractivity contribution is -0.136. The van der Waals surface area contributed by atoms with Gasteiger partial charge in [-0.15, -0.1) is 0 Å². The molecular formula is C26H32N4O4. The third-order valence-corrected chi connectivity index (χ3v) is 5.86. The average Bonchev–Trinajstić information content (AvgIpc) is 2.83. The lowest BCUT2D eigenvalue weighted by Crippen LogP contribution is -2.48. The van der Waals surface area contributed by atoms with Crippen LogP contribution in [0.1, 0.15) is 50.8 Å². The molecule has 0 aromatic heterocycles. The van der Waals surface area contributed by atoms with Crippen molar-refractivity contribution >= 4 is 29.4 Å². The number of ether oxygens (including phenoxy) is 1. The van der Waals surface area contributed by atoms with Gasteiger partial charge in [-0.1, -0.05) is 50.6 Å². The van der Waals surface area contributed by atoms with Crippen molar-refractivity contribution in [1.29, 1.82) is 0 Å². The molecule has 1 aliphatic heterocycles. The molecule has 1 heterocycles. The normalized spacial score (nSPS) is 15.6. The molecule has 8 nitrogen and oxygen atoms in total. The number of unbranched alkanes of at least 4 members (excludes halogenated alkanes) is 1. The maximum absolute atomic E-state index is 12.8. The fourth-order valence-electron chi connectivity index (χ4n) is 4.02. The van der Waals surface area contributed by atoms with Gasteiger partial charge in [0.05, 0.1) is 18.7 Å². The van der Waals surface area contributed by atoms with E-state index in [1.807, 2.05) is 38.1 Å². The second-order valence-electron chi connectivity index (χ2n) is 8.09. The molecule has 0 bridgehead atoms. The molecule has 0 radical (unpaired) electrons. The Balaban J connectivity index is 1.85. The number of hydrogen-bond donors (Lipinski definition) is 3. The van der Waals surface area contributed by atoms with Gasteiger partial charge in [-0.25, -0.2) is 14.4 Å². The fraction of sp³-hybridized carbons (Fsp3) is 0.346. The van der Waals surface area contributed by atoms with E-state index in [0.29, 0.717) is 29.1 Å². The number of urea groups is 2. The SMILES string of the molecule is CCCCN1C(=O)NC(c2cccc(NC(=O)Nc3ccccc3CC)c2)C(C(=O)OC)=C1C. The number of nitrogens with zero attached hydrogens (tertiary/aromatic N) is 1. The molecule has 1 unspecified atom stereocenters. The van der Waals surface area contributed by atoms with Crippen LogP contribution in [-0.2, 0) is 16.0 Å². The van der Waals surface area contributed by atoms with Crippen molar-refractivity contribution in [2.24, 2.45) is 0 Å². The molecule has 3 rings (SSSR count). The Kier molecular flexibility index (Phi) is 8.29. The summed E-state index contributed by atoms with van der Waals surface area (Å²) in [4.78, 5) is 39.7. The highest BCUT2D eigenvalue weighted by Gasteiger charge is 2.36. The molecule has 0 saturated carbocycles. The van der Waals surface area contributed by atoms with Crippen molar-refractivity contribution in [1.82, 2.24) is 10.2 Å². The van der Waals surface area contributed by atoms with Gasteiger partial charge in [0, 0.05) is 23.6 Å². The highest BCUT2D eigenvalue weighted by Crippen LogP contribution is 2.32. The molecule has 0 saturated heterocycles. The molecule has 2 aromatic rings. The largest absolute Gasteiger partial charge is 0.466 e. The Morgan fingerprint density at radius 1 is 1.09 bits per heavy atom. The van der Waals surface area contributed by atoms with Crippen LogP contribution in [0.3, 0.4) is 0 Å². The van der Waals surface area contributed by atoms with E-state index >= 15 is 0 Å². The van der Waals surface area contributed by atoms with E-state index in [1.54, 1.807) is 36.1 Å². The number of esters is 1. The molecule has 0 aliphatic carbocycles. The summed E-state index contributed by atoms with van der Waals surface area (Å²) in [6.07, 6.45) is 2.54. The third-order valence-electron chi connectivity index (χ3n) is 5.86. The van der Waals surface area contributed by atoms with Crippen LogP contribution in [0.2, 0.25) is 0 Å². The lowest BCUT2D eigenvalue weighted by atomic mass is 9.94. The summed E-state index contributed by atoms with van der Waals surface area (Å²) >= 11 is 0. The van der Waals surface area contributed by atoms with E-state index in [1.165, 1.54) is 7.11 Å². The van der Waals surface area contributed by atoms with Crippen LogP contribution in [-0.4, -0.2) is 36.6 Å². The van der Waals surface area contributed by atoms with E-state index in [0.717, 1.165) is 30.5 Å². The van der Waals surface area contributed by atoms with Crippen LogP contribution in [0.25, 0.3) is 0 Å². The van der Waals surface area contributed by atoms with Gasteiger partial charge in [-0.3, -0.25) is 4.90 Å². The number of methoxy groups -OCH3 is 1. The lowest BCUT2D eigenvalue weighted by Gasteiger charge is -2.35. The summed E-state index contributed by atoms with van der Waals surface area (Å²) in [7, 11) is 1.32. The average molecular weight is 465 g/mol. The van der Waals surface area contributed by atoms with Crippen molar-refractivity contribution in [2.45, 2.75) is 46.1 Å². The first-order valence-electron chi connectivity index (χ1n) is 11.5. The van der Waals surface area contributed by atoms with Crippen molar-refractivity contribution in [3.05, 3.63) is 70.9 Å². The van der Waals surface area contributed by atoms with Gasteiger partial charge in [0.1, 0.15) is 0 Å². The van der Waals surface area contributed by atoms with Crippen LogP contribution in [0.4, 0.5) is 21.0 Å². The number of nitrogens with one attached hydrogen (secondary N) is 3. The summed E-state index contributed by atoms with van der Waals surface area (Å²) in [6.45, 7) is 6.34. The van der Waals surface area contributed by atoms with Gasteiger partial charge in [-0.2, -0.15) is 0 Å². The van der Waals surface area contributed by atoms with Crippen LogP contribution in [0, 0.1) is 0 Å². The number of anilines is 2. The zero-order chi connectivity index (χ0) is 24.7. The molecule has 0 spiro atoms. The Morgan fingerprint density at radius 3 is 2.56 bits per heavy atom. The molecule has 4 amide bonds. The number of carbonyl (C=O) groups is 3. The minimum Gasteiger partial charge on any atom is -0.466 e. The highest BCUT2D eigenvalue weighted by atomic mass is 16.5. The fourth-order valence-corrected chi connectivity index (χ4v) is 4.02. The molecule has 2 aromatic carbocycles. The zero-order valence-electron chi connectivity index (χ0n) is 20.1. The first-order valence-corrected chi connectivity index (χ1v) is 11.5. The second kappa shape index (κ2) is 11.4. The number of para-hydroxylation sites is 1. The Hall–Kier alpha value is -3.81. The van der Waals surface area contributed by atoms with E-state index < -0.39 is 12.0 Å². The summed E-state index contributed by atoms with van der Waals surface area (Å²) in [5.74, 6) is -0.503. The number of carbonyl (C=O) groups excluding carboxylic acids is 3. The molecule has 1 atom stereocenters. The summed E-state index contributed by atoms with van der Waals surface area (Å²) < 4.78 is 5.03. The Bertz CT molecular complexity index is 1100. The standard InChI is InChI=1S/C26H32N4O4/c1-5-7-15-30-17(3)22(24(31)34-4)23(29-26(30)33)19-12-10-13-20(16-19)27-25(32)28-21-14-9-8-11-18(21)6-2/h8-14,16,23H,5-7,15H2,1-4H3,(H,29,33)(H2,27,28,32). The molecular weight excluding hydrogens is 432 g/mol. The summed E-state index contributed by atoms with van der Waals surface area (Å²) in [5.41, 5.74) is 3.92. The van der Waals surface area contributed by atoms with Crippen LogP contribution >= 0.6 is 0 Å². The van der Waals surface area contributed by atoms with Crippen molar-refractivity contribution in [3.8, 4) is 0 Å². The molecule has 3 N–H and O–H groups in total. The van der Waals surface area contributed by atoms with E-state index in [2.05, 4.69) is 16.0 Å². The maximum Gasteiger partial charge on any atom is 0.337 e. The number of amides is 4. The predicted octanol–water partition coefficient (Wildman–Crippen LogP) is 5.21. The highest BCUT2D eigenvalue weighted by molar-refractivity contribution is 6.00. The number of rotatable bonds is 8. The summed E-state index contributed by atoms with van der Waals surface area (Å²) in [5, 5.41) is 8.63. The van der Waals surface area contributed by atoms with Gasteiger partial charge in [0.25, 0.3) is 0 Å². The number of hydrogen-bond acceptors (Lipinski definition) is 4. The maximum atomic E-state index is 12.8. The van der Waals surface area contributed by atoms with Gasteiger partial charge in [0.15, 0.2) is 0 Å². The van der Waals surface area contributed by atoms with Gasteiger partial charge in [0.2, 0.25) is 0 Å². The predicted molar refractivity (Wildman–Crippen MR) is 133 cm³/mol. The van der Waals surface area contributed by atoms with Crippen molar-refractivity contribution in [2.75, 3.05) is 24.3 Å². The quantitative estimate of drug-likeness (QED) is 0.467. The number of aryl methyl sites for hydroxylation is 1. The van der Waals surface area contributed by atoms with E-state index in [4.69, 9.17) is 4.74 Å². The summed E-state index contributed by atoms with van der Waals surface area (Å²) in [6, 6.07) is 13.4. The molecule has 0 fully saturated rings. The van der Waals surface area contributed by atoms with Gasteiger partial charge < -0.3 is 20.7 Å². The minimum absolute atomic E-state index is 0.268. The number of allylic oxidation sites excluding steroid dienone is 1. The smallest absolute Gasteiger partial charge is 0.337 e. The van der Waals surface area contributed by atoms with E-state index in [9.17, 15) is 14.4 Å². The first-order chi connectivity index (χ1) is 16.4. The zero-order valence-corrected chi connectivity index (χ0v) is 20.1. The monoisotopic (exact) mass is 464 g/mol. The first kappa shape index (κ1) is 24.8. The van der Waals surface area contributed by atoms with Crippen LogP contribution in [0.5, 0.6) is 0 Å². The molecule has 1 aliphatic rings. The van der Waals surface area contributed by atoms with Crippen molar-refractivity contribution < 1.29 is 19.1 Å². The Morgan fingerprint density at radius 2 is 1.85 bits per heavy atom. The van der Waals surface area contributed by atoms with Gasteiger partial charge >= 0.3 is 18.0 Å². The van der Waals surface area contributed by atoms with E-state index in [-0.39, 0.29) is 12.1 Å². The number of benzene rings is 2. The molecule has 180 valence electrons. The Labute approximate surface area is 200 Å². The van der Waals surface area contributed by atoms with Crippen LogP contribution < -0.4 is 16.0 Å². The third kappa shape index (κ3) is 5.57. The minimum atomic E-state index is -0.691. The topological polar surface area (TPSA) is 99.8 Å². The second-order valence-corrected chi connectivity index (χ2v) is 8.09. The molecule has 8 heteroatoms. The van der Waals surface area contributed by atoms with Gasteiger partial charge in [-0.05, 0) is 49.1 Å². The van der Waals surface area contributed by atoms with Crippen molar-refractivity contribution in [3.63, 3.8) is 0 Å².